The van der Waals surface area contributed by atoms with Crippen molar-refractivity contribution in [2.45, 2.75) is 6.54 Å². The highest BCUT2D eigenvalue weighted by Gasteiger charge is 2.12. The molecule has 88 valence electrons. The highest BCUT2D eigenvalue weighted by Crippen LogP contribution is 2.19. The van der Waals surface area contributed by atoms with Crippen molar-refractivity contribution in [3.63, 3.8) is 0 Å². The molecule has 1 heterocycles. The second-order valence-corrected chi connectivity index (χ2v) is 5.23. The van der Waals surface area contributed by atoms with E-state index >= 15 is 0 Å². The highest BCUT2D eigenvalue weighted by molar-refractivity contribution is 8.13. The molecule has 9 heteroatoms. The van der Waals surface area contributed by atoms with Gasteiger partial charge in [-0.15, -0.1) is 11.3 Å². The average molecular weight is 281 g/mol. The maximum Gasteiger partial charge on any atom is 0.237 e. The Hall–Kier alpha value is -0.860. The van der Waals surface area contributed by atoms with Crippen LogP contribution in [0, 0.1) is 10.1 Å². The summed E-state index contributed by atoms with van der Waals surface area (Å²) in [7, 11) is 1.73. The van der Waals surface area contributed by atoms with Crippen LogP contribution in [0.4, 0.5) is 0 Å². The lowest BCUT2D eigenvalue weighted by atomic mass is 10.5. The molecule has 0 aliphatic rings. The van der Waals surface area contributed by atoms with E-state index < -0.39 is 5.03 Å². The van der Waals surface area contributed by atoms with Gasteiger partial charge in [-0.1, -0.05) is 23.4 Å². The number of halogens is 1. The van der Waals surface area contributed by atoms with Crippen LogP contribution in [0.25, 0.3) is 0 Å². The molecule has 0 radical (unpaired) electrons. The number of thiazole rings is 1. The third-order valence-corrected chi connectivity index (χ3v) is 3.45. The number of nitrogens with zero attached hydrogens (tertiary/aromatic N) is 4. The van der Waals surface area contributed by atoms with Gasteiger partial charge < -0.3 is 4.90 Å². The van der Waals surface area contributed by atoms with Crippen molar-refractivity contribution in [3.8, 4) is 0 Å². The van der Waals surface area contributed by atoms with Crippen molar-refractivity contribution in [2.75, 3.05) is 13.3 Å². The van der Waals surface area contributed by atoms with Crippen molar-refractivity contribution in [1.82, 2.24) is 9.88 Å². The first-order chi connectivity index (χ1) is 7.52. The summed E-state index contributed by atoms with van der Waals surface area (Å²) in [5.41, 5.74) is 0. The Morgan fingerprint density at radius 1 is 1.88 bits per heavy atom. The summed E-state index contributed by atoms with van der Waals surface area (Å²) in [5.74, 6) is 0. The van der Waals surface area contributed by atoms with Gasteiger partial charge in [0.1, 0.15) is 0 Å². The lowest BCUT2D eigenvalue weighted by Crippen LogP contribution is -2.24. The number of hydrogen-bond donors (Lipinski definition) is 0. The molecule has 0 unspecified atom stereocenters. The van der Waals surface area contributed by atoms with Gasteiger partial charge in [0.05, 0.1) is 11.6 Å². The molecule has 0 fully saturated rings. The quantitative estimate of drug-likeness (QED) is 0.367. The van der Waals surface area contributed by atoms with Gasteiger partial charge in [0, 0.05) is 18.1 Å². The van der Waals surface area contributed by atoms with E-state index in [1.807, 2.05) is 0 Å². The second kappa shape index (κ2) is 6.02. The zero-order chi connectivity index (χ0) is 12.1. The molecule has 16 heavy (non-hydrogen) atoms. The molecule has 1 rings (SSSR count). The van der Waals surface area contributed by atoms with Crippen LogP contribution >= 0.6 is 34.7 Å². The van der Waals surface area contributed by atoms with Crippen molar-refractivity contribution in [3.05, 3.63) is 25.7 Å². The normalized spacial score (nSPS) is 11.6. The van der Waals surface area contributed by atoms with Crippen LogP contribution in [0.3, 0.4) is 0 Å². The number of aromatic nitrogens is 1. The number of thioether (sulfide) groups is 1. The molecule has 0 spiro atoms. The first-order valence-electron chi connectivity index (χ1n) is 4.11. The van der Waals surface area contributed by atoms with Crippen LogP contribution in [0.15, 0.2) is 11.3 Å². The van der Waals surface area contributed by atoms with Gasteiger partial charge in [-0.3, -0.25) is 0 Å². The van der Waals surface area contributed by atoms with Gasteiger partial charge in [0.2, 0.25) is 5.17 Å². The number of hydrogen-bond acceptors (Lipinski definition) is 5. The smallest absolute Gasteiger partial charge is 0.237 e. The second-order valence-electron chi connectivity index (χ2n) is 2.76. The molecule has 0 saturated heterocycles. The molecule has 0 N–H and O–H groups in total. The van der Waals surface area contributed by atoms with Gasteiger partial charge in [-0.05, 0) is 6.26 Å². The van der Waals surface area contributed by atoms with Gasteiger partial charge in [0.15, 0.2) is 9.50 Å². The molecule has 0 aliphatic carbocycles. The van der Waals surface area contributed by atoms with Crippen LogP contribution in [-0.2, 0) is 6.54 Å². The third kappa shape index (κ3) is 3.95. The van der Waals surface area contributed by atoms with Gasteiger partial charge in [-0.25, -0.2) is 15.1 Å². The molecule has 0 aromatic carbocycles. The van der Waals surface area contributed by atoms with Gasteiger partial charge >= 0.3 is 0 Å². The molecule has 0 atom stereocenters. The first kappa shape index (κ1) is 13.2. The van der Waals surface area contributed by atoms with Crippen LogP contribution in [0.1, 0.15) is 4.88 Å². The Morgan fingerprint density at radius 2 is 2.56 bits per heavy atom. The molecular weight excluding hydrogens is 272 g/mol. The van der Waals surface area contributed by atoms with E-state index in [9.17, 15) is 10.1 Å². The van der Waals surface area contributed by atoms with Crippen molar-refractivity contribution in [1.29, 1.82) is 0 Å². The lowest BCUT2D eigenvalue weighted by Gasteiger charge is -2.15. The van der Waals surface area contributed by atoms with E-state index in [2.05, 4.69) is 10.1 Å². The topological polar surface area (TPSA) is 71.6 Å². The summed E-state index contributed by atoms with van der Waals surface area (Å²) >= 11 is 8.25. The average Bonchev–Trinajstić information content (AvgIpc) is 2.60. The molecule has 0 saturated carbocycles. The molecule has 0 aliphatic heterocycles. The van der Waals surface area contributed by atoms with Gasteiger partial charge in [-0.2, -0.15) is 0 Å². The monoisotopic (exact) mass is 280 g/mol. The standard InChI is InChI=1S/C7H9ClN4O2S2/c1-11(7(15-2)10-12(13)14)4-5-3-9-6(8)16-5/h3H,4H2,1-2H3. The van der Waals surface area contributed by atoms with E-state index in [-0.39, 0.29) is 0 Å². The maximum atomic E-state index is 10.3. The SMILES string of the molecule is CSC(=N[N+](=O)[O-])N(C)Cc1cnc(Cl)s1. The minimum absolute atomic E-state index is 0.342. The third-order valence-electron chi connectivity index (χ3n) is 1.59. The van der Waals surface area contributed by atoms with Crippen LogP contribution in [0.2, 0.25) is 4.47 Å². The summed E-state index contributed by atoms with van der Waals surface area (Å²) in [5, 5.41) is 13.2. The summed E-state index contributed by atoms with van der Waals surface area (Å²) < 4.78 is 0.459. The molecule has 0 bridgehead atoms. The predicted molar refractivity (Wildman–Crippen MR) is 66.5 cm³/mol. The van der Waals surface area contributed by atoms with E-state index in [1.165, 1.54) is 23.1 Å². The van der Waals surface area contributed by atoms with Crippen molar-refractivity contribution >= 4 is 39.9 Å². The number of hydrazone groups is 1. The molecule has 0 amide bonds. The Morgan fingerprint density at radius 3 is 3.00 bits per heavy atom. The maximum absolute atomic E-state index is 10.3. The summed E-state index contributed by atoms with van der Waals surface area (Å²) in [6, 6.07) is 0. The van der Waals surface area contributed by atoms with Crippen LogP contribution < -0.4 is 0 Å². The minimum Gasteiger partial charge on any atom is -0.344 e. The molecule has 1 aromatic rings. The van der Waals surface area contributed by atoms with Crippen LogP contribution in [0.5, 0.6) is 0 Å². The number of amidine groups is 1. The minimum atomic E-state index is -0.706. The summed E-state index contributed by atoms with van der Waals surface area (Å²) in [4.78, 5) is 16.8. The molecular formula is C7H9ClN4O2S2. The summed E-state index contributed by atoms with van der Waals surface area (Å²) in [6.45, 7) is 0.498. The van der Waals surface area contributed by atoms with Crippen LogP contribution in [-0.4, -0.2) is 33.4 Å². The Labute approximate surface area is 105 Å². The van der Waals surface area contributed by atoms with Gasteiger partial charge in [0.25, 0.3) is 0 Å². The zero-order valence-corrected chi connectivity index (χ0v) is 11.0. The summed E-state index contributed by atoms with van der Waals surface area (Å²) in [6.07, 6.45) is 3.38. The Kier molecular flexibility index (Phi) is 4.97. The van der Waals surface area contributed by atoms with Crippen molar-refractivity contribution in [2.24, 2.45) is 5.10 Å². The highest BCUT2D eigenvalue weighted by atomic mass is 35.5. The molecule has 6 nitrogen and oxygen atoms in total. The van der Waals surface area contributed by atoms with E-state index in [1.54, 1.807) is 24.4 Å². The number of nitro groups is 1. The fourth-order valence-electron chi connectivity index (χ4n) is 1.00. The Balaban J connectivity index is 2.70. The lowest BCUT2D eigenvalue weighted by molar-refractivity contribution is -0.485. The fraction of sp³-hybridized carbons (Fsp3) is 0.429. The number of rotatable bonds is 3. The fourth-order valence-corrected chi connectivity index (χ4v) is 2.56. The predicted octanol–water partition coefficient (Wildman–Crippen LogP) is 2.14. The molecule has 1 aromatic heterocycles. The van der Waals surface area contributed by atoms with E-state index in [0.717, 1.165) is 4.88 Å². The zero-order valence-electron chi connectivity index (χ0n) is 8.58. The van der Waals surface area contributed by atoms with E-state index in [4.69, 9.17) is 11.6 Å². The van der Waals surface area contributed by atoms with Crippen molar-refractivity contribution < 1.29 is 5.03 Å². The van der Waals surface area contributed by atoms with E-state index in [0.29, 0.717) is 16.2 Å². The Bertz CT molecular complexity index is 409. The first-order valence-corrected chi connectivity index (χ1v) is 6.53. The largest absolute Gasteiger partial charge is 0.344 e.